The molecule has 0 atom stereocenters. The Labute approximate surface area is 396 Å². The Kier molecular flexibility index (Phi) is 7.93. The van der Waals surface area contributed by atoms with Crippen molar-refractivity contribution in [1.29, 1.82) is 0 Å². The summed E-state index contributed by atoms with van der Waals surface area (Å²) >= 11 is 0. The van der Waals surface area contributed by atoms with Gasteiger partial charge in [-0.25, -0.2) is 15.0 Å². The van der Waals surface area contributed by atoms with Crippen molar-refractivity contribution in [2.24, 2.45) is 0 Å². The van der Waals surface area contributed by atoms with Gasteiger partial charge in [0.2, 0.25) is 0 Å². The summed E-state index contributed by atoms with van der Waals surface area (Å²) in [5.41, 5.74) is 20.6. The summed E-state index contributed by atoms with van der Waals surface area (Å²) in [5, 5.41) is 4.02. The fraction of sp³-hybridized carbons (Fsp3) is 0.0156. The Morgan fingerprint density at radius 3 is 1.58 bits per heavy atom. The van der Waals surface area contributed by atoms with Crippen LogP contribution in [0.1, 0.15) is 22.3 Å². The Bertz CT molecular complexity index is 4230. The molecule has 3 aromatic heterocycles. The number of nitrogens with zero attached hydrogens (tertiary/aromatic N) is 3. The lowest BCUT2D eigenvalue weighted by Gasteiger charge is -2.30. The largest absolute Gasteiger partial charge is 0.456 e. The van der Waals surface area contributed by atoms with E-state index in [1.54, 1.807) is 0 Å². The number of furan rings is 2. The summed E-state index contributed by atoms with van der Waals surface area (Å²) in [6.45, 7) is 0. The Hall–Kier alpha value is -9.19. The van der Waals surface area contributed by atoms with Crippen molar-refractivity contribution in [2.45, 2.75) is 5.41 Å². The van der Waals surface area contributed by atoms with Crippen LogP contribution in [0.15, 0.2) is 233 Å². The van der Waals surface area contributed by atoms with Gasteiger partial charge in [-0.1, -0.05) is 176 Å². The minimum Gasteiger partial charge on any atom is -0.456 e. The average Bonchev–Trinajstić information content (AvgIpc) is 4.16. The highest BCUT2D eigenvalue weighted by molar-refractivity contribution is 6.13. The van der Waals surface area contributed by atoms with Gasteiger partial charge in [0.05, 0.1) is 5.41 Å². The zero-order valence-corrected chi connectivity index (χ0v) is 37.0. The first-order chi connectivity index (χ1) is 34.2. The van der Waals surface area contributed by atoms with E-state index in [2.05, 4.69) is 152 Å². The highest BCUT2D eigenvalue weighted by atomic mass is 16.3. The molecule has 0 N–H and O–H groups in total. The molecule has 0 saturated carbocycles. The third-order valence-electron chi connectivity index (χ3n) is 14.6. The molecule has 10 aromatic carbocycles. The first-order valence-corrected chi connectivity index (χ1v) is 23.4. The van der Waals surface area contributed by atoms with Crippen LogP contribution in [0.2, 0.25) is 0 Å². The summed E-state index contributed by atoms with van der Waals surface area (Å²) in [6, 6.07) is 79.9. The quantitative estimate of drug-likeness (QED) is 0.172. The van der Waals surface area contributed by atoms with E-state index in [-0.39, 0.29) is 0 Å². The Morgan fingerprint density at radius 1 is 0.275 bits per heavy atom. The van der Waals surface area contributed by atoms with Crippen LogP contribution in [0.3, 0.4) is 0 Å². The molecule has 0 aliphatic heterocycles. The molecular weight excluding hydrogens is 843 g/mol. The highest BCUT2D eigenvalue weighted by Crippen LogP contribution is 2.64. The maximum atomic E-state index is 6.61. The molecule has 0 radical (unpaired) electrons. The highest BCUT2D eigenvalue weighted by Gasteiger charge is 2.52. The molecule has 15 rings (SSSR count). The standard InChI is InChI=1S/C64H37N3O2/c1-2-15-38(16-3-1)61-65-62(42-32-34-56-49(37-42)46-21-7-11-29-55(46)68-56)67-63(66-61)48-24-14-30-58-60(48)50-36-40(31-33-57(50)69-58)39-17-12-18-41(35-39)43-23-13-28-54-59(43)47-22-6-10-27-53(47)64(54)51-25-8-4-19-44(51)45-20-5-9-26-52(45)64/h1-37H. The summed E-state index contributed by atoms with van der Waals surface area (Å²) < 4.78 is 12.8. The van der Waals surface area contributed by atoms with Crippen LogP contribution in [0, 0.1) is 0 Å². The zero-order chi connectivity index (χ0) is 45.2. The molecule has 0 amide bonds. The van der Waals surface area contributed by atoms with E-state index >= 15 is 0 Å². The molecule has 13 aromatic rings. The number of hydrogen-bond donors (Lipinski definition) is 0. The second-order valence-corrected chi connectivity index (χ2v) is 18.2. The second kappa shape index (κ2) is 14.4. The zero-order valence-electron chi connectivity index (χ0n) is 37.0. The minimum absolute atomic E-state index is 0.402. The molecule has 5 nitrogen and oxygen atoms in total. The topological polar surface area (TPSA) is 65.0 Å². The predicted molar refractivity (Wildman–Crippen MR) is 278 cm³/mol. The van der Waals surface area contributed by atoms with Gasteiger partial charge in [0.15, 0.2) is 17.5 Å². The fourth-order valence-electron chi connectivity index (χ4n) is 11.7. The summed E-state index contributed by atoms with van der Waals surface area (Å²) in [5.74, 6) is 1.74. The molecule has 320 valence electrons. The molecule has 2 aliphatic carbocycles. The number of rotatable bonds is 5. The molecule has 3 heterocycles. The smallest absolute Gasteiger partial charge is 0.164 e. The van der Waals surface area contributed by atoms with Crippen molar-refractivity contribution in [3.63, 3.8) is 0 Å². The van der Waals surface area contributed by atoms with Crippen LogP contribution in [0.25, 0.3) is 123 Å². The van der Waals surface area contributed by atoms with Gasteiger partial charge in [0, 0.05) is 38.2 Å². The first kappa shape index (κ1) is 38.0. The third kappa shape index (κ3) is 5.44. The van der Waals surface area contributed by atoms with E-state index in [0.717, 1.165) is 71.7 Å². The third-order valence-corrected chi connectivity index (χ3v) is 14.6. The number of para-hydroxylation sites is 1. The SMILES string of the molecule is c1ccc(-c2nc(-c3ccc4oc5ccccc5c4c3)nc(-c3cccc4oc5ccc(-c6cccc(-c7cccc8c7-c7ccccc7C87c8ccccc8-c8ccccc87)c6)cc5c34)n2)cc1. The molecule has 0 bridgehead atoms. The monoisotopic (exact) mass is 879 g/mol. The van der Waals surface area contributed by atoms with Crippen LogP contribution in [0.4, 0.5) is 0 Å². The van der Waals surface area contributed by atoms with Crippen LogP contribution < -0.4 is 0 Å². The molecule has 0 unspecified atom stereocenters. The van der Waals surface area contributed by atoms with Crippen molar-refractivity contribution >= 4 is 43.9 Å². The van der Waals surface area contributed by atoms with E-state index in [4.69, 9.17) is 23.8 Å². The van der Waals surface area contributed by atoms with Gasteiger partial charge in [-0.05, 0) is 115 Å². The fourth-order valence-corrected chi connectivity index (χ4v) is 11.7. The van der Waals surface area contributed by atoms with Gasteiger partial charge in [0.25, 0.3) is 0 Å². The maximum absolute atomic E-state index is 6.61. The van der Waals surface area contributed by atoms with E-state index in [0.29, 0.717) is 17.5 Å². The van der Waals surface area contributed by atoms with Gasteiger partial charge in [-0.2, -0.15) is 0 Å². The van der Waals surface area contributed by atoms with Crippen molar-refractivity contribution in [2.75, 3.05) is 0 Å². The van der Waals surface area contributed by atoms with Crippen molar-refractivity contribution in [3.8, 4) is 78.7 Å². The first-order valence-electron chi connectivity index (χ1n) is 23.4. The lowest BCUT2D eigenvalue weighted by atomic mass is 9.70. The van der Waals surface area contributed by atoms with E-state index < -0.39 is 5.41 Å². The molecule has 1 spiro atoms. The minimum atomic E-state index is -0.402. The van der Waals surface area contributed by atoms with Gasteiger partial charge in [-0.3, -0.25) is 0 Å². The van der Waals surface area contributed by atoms with Crippen LogP contribution in [0.5, 0.6) is 0 Å². The van der Waals surface area contributed by atoms with Crippen molar-refractivity contribution < 1.29 is 8.83 Å². The molecule has 69 heavy (non-hydrogen) atoms. The van der Waals surface area contributed by atoms with Gasteiger partial charge >= 0.3 is 0 Å². The van der Waals surface area contributed by atoms with Crippen molar-refractivity contribution in [3.05, 3.63) is 247 Å². The molecule has 2 aliphatic rings. The summed E-state index contributed by atoms with van der Waals surface area (Å²) in [4.78, 5) is 15.5. The summed E-state index contributed by atoms with van der Waals surface area (Å²) in [7, 11) is 0. The second-order valence-electron chi connectivity index (χ2n) is 18.2. The lowest BCUT2D eigenvalue weighted by molar-refractivity contribution is 0.668. The van der Waals surface area contributed by atoms with Gasteiger partial charge < -0.3 is 8.83 Å². The average molecular weight is 880 g/mol. The Morgan fingerprint density at radius 2 is 0.768 bits per heavy atom. The lowest BCUT2D eigenvalue weighted by Crippen LogP contribution is -2.25. The molecule has 5 heteroatoms. The van der Waals surface area contributed by atoms with Crippen LogP contribution in [-0.4, -0.2) is 15.0 Å². The number of benzene rings is 10. The van der Waals surface area contributed by atoms with Crippen molar-refractivity contribution in [1.82, 2.24) is 15.0 Å². The number of hydrogen-bond acceptors (Lipinski definition) is 5. The van der Waals surface area contributed by atoms with Gasteiger partial charge in [-0.15, -0.1) is 0 Å². The van der Waals surface area contributed by atoms with Crippen LogP contribution >= 0.6 is 0 Å². The number of fused-ring (bicyclic) bond motifs is 16. The maximum Gasteiger partial charge on any atom is 0.164 e. The van der Waals surface area contributed by atoms with Crippen LogP contribution in [-0.2, 0) is 5.41 Å². The van der Waals surface area contributed by atoms with E-state index in [1.807, 2.05) is 72.8 Å². The molecule has 0 saturated heterocycles. The van der Waals surface area contributed by atoms with E-state index in [9.17, 15) is 0 Å². The van der Waals surface area contributed by atoms with E-state index in [1.165, 1.54) is 55.6 Å². The molecular formula is C64H37N3O2. The molecule has 0 fully saturated rings. The predicted octanol–water partition coefficient (Wildman–Crippen LogP) is 16.3. The Balaban J connectivity index is 0.879. The summed E-state index contributed by atoms with van der Waals surface area (Å²) in [6.07, 6.45) is 0. The van der Waals surface area contributed by atoms with Gasteiger partial charge in [0.1, 0.15) is 22.3 Å². The normalized spacial score (nSPS) is 13.0. The number of aromatic nitrogens is 3.